The van der Waals surface area contributed by atoms with Crippen LogP contribution in [0.1, 0.15) is 23.2 Å². The number of rotatable bonds is 2. The van der Waals surface area contributed by atoms with Crippen molar-refractivity contribution in [3.05, 3.63) is 34.6 Å². The number of benzene rings is 1. The van der Waals surface area contributed by atoms with Gasteiger partial charge in [0.25, 0.3) is 5.91 Å². The molecule has 0 radical (unpaired) electrons. The molecule has 0 aromatic heterocycles. The Labute approximate surface area is 104 Å². The minimum atomic E-state index is -0.569. The molecule has 1 aliphatic rings. The maximum atomic E-state index is 13.3. The van der Waals surface area contributed by atoms with Crippen molar-refractivity contribution in [2.75, 3.05) is 13.1 Å². The summed E-state index contributed by atoms with van der Waals surface area (Å²) in [4.78, 5) is 13.9. The fraction of sp³-hybridized carbons (Fsp3) is 0.417. The van der Waals surface area contributed by atoms with Gasteiger partial charge in [-0.25, -0.2) is 4.39 Å². The SMILES string of the molecule is NC[C@H]1CCCN1C(=O)c1cccc(F)c1Cl. The van der Waals surface area contributed by atoms with E-state index in [0.29, 0.717) is 13.1 Å². The van der Waals surface area contributed by atoms with E-state index >= 15 is 0 Å². The van der Waals surface area contributed by atoms with Gasteiger partial charge in [-0.15, -0.1) is 0 Å². The molecule has 1 saturated heterocycles. The van der Waals surface area contributed by atoms with Crippen molar-refractivity contribution in [3.8, 4) is 0 Å². The zero-order chi connectivity index (χ0) is 12.4. The van der Waals surface area contributed by atoms with Crippen molar-refractivity contribution in [2.24, 2.45) is 5.73 Å². The second-order valence-electron chi connectivity index (χ2n) is 4.13. The normalized spacial score (nSPS) is 19.7. The highest BCUT2D eigenvalue weighted by Crippen LogP contribution is 2.25. The summed E-state index contributed by atoms with van der Waals surface area (Å²) in [6.07, 6.45) is 1.83. The first-order valence-corrected chi connectivity index (χ1v) is 5.98. The van der Waals surface area contributed by atoms with E-state index in [-0.39, 0.29) is 22.5 Å². The van der Waals surface area contributed by atoms with Gasteiger partial charge in [-0.3, -0.25) is 4.79 Å². The quantitative estimate of drug-likeness (QED) is 0.880. The van der Waals surface area contributed by atoms with E-state index in [0.717, 1.165) is 12.8 Å². The largest absolute Gasteiger partial charge is 0.334 e. The molecular weight excluding hydrogens is 243 g/mol. The lowest BCUT2D eigenvalue weighted by Crippen LogP contribution is -2.40. The number of likely N-dealkylation sites (tertiary alicyclic amines) is 1. The lowest BCUT2D eigenvalue weighted by atomic mass is 10.1. The molecule has 1 aliphatic heterocycles. The van der Waals surface area contributed by atoms with Crippen LogP contribution in [0.3, 0.4) is 0 Å². The van der Waals surface area contributed by atoms with E-state index < -0.39 is 5.82 Å². The Kier molecular flexibility index (Phi) is 3.64. The Hall–Kier alpha value is -1.13. The molecule has 2 N–H and O–H groups in total. The molecule has 1 fully saturated rings. The van der Waals surface area contributed by atoms with Crippen molar-refractivity contribution in [2.45, 2.75) is 18.9 Å². The van der Waals surface area contributed by atoms with Crippen LogP contribution in [0.15, 0.2) is 18.2 Å². The molecule has 1 amide bonds. The molecule has 2 rings (SSSR count). The van der Waals surface area contributed by atoms with Crippen molar-refractivity contribution in [3.63, 3.8) is 0 Å². The number of carbonyl (C=O) groups excluding carboxylic acids is 1. The third-order valence-corrected chi connectivity index (χ3v) is 3.48. The molecule has 1 atom stereocenters. The van der Waals surface area contributed by atoms with Gasteiger partial charge in [0.05, 0.1) is 10.6 Å². The summed E-state index contributed by atoms with van der Waals surface area (Å²) < 4.78 is 13.3. The topological polar surface area (TPSA) is 46.3 Å². The van der Waals surface area contributed by atoms with E-state index in [1.807, 2.05) is 0 Å². The molecule has 0 bridgehead atoms. The molecule has 1 heterocycles. The zero-order valence-electron chi connectivity index (χ0n) is 9.33. The molecule has 92 valence electrons. The van der Waals surface area contributed by atoms with Crippen LogP contribution in [0, 0.1) is 5.82 Å². The summed E-state index contributed by atoms with van der Waals surface area (Å²) in [7, 11) is 0. The maximum Gasteiger partial charge on any atom is 0.255 e. The Morgan fingerprint density at radius 3 is 3.06 bits per heavy atom. The third kappa shape index (κ3) is 2.28. The number of nitrogens with two attached hydrogens (primary N) is 1. The van der Waals surface area contributed by atoms with E-state index in [1.165, 1.54) is 12.1 Å². The highest BCUT2D eigenvalue weighted by molar-refractivity contribution is 6.34. The summed E-state index contributed by atoms with van der Waals surface area (Å²) in [5.74, 6) is -0.802. The predicted octanol–water partition coefficient (Wildman–Crippen LogP) is 2.04. The first kappa shape index (κ1) is 12.3. The second-order valence-corrected chi connectivity index (χ2v) is 4.51. The van der Waals surface area contributed by atoms with Gasteiger partial charge in [0.1, 0.15) is 5.82 Å². The average Bonchev–Trinajstić information content (AvgIpc) is 2.80. The molecule has 0 spiro atoms. The fourth-order valence-electron chi connectivity index (χ4n) is 2.17. The Morgan fingerprint density at radius 1 is 1.59 bits per heavy atom. The van der Waals surface area contributed by atoms with E-state index in [1.54, 1.807) is 11.0 Å². The summed E-state index contributed by atoms with van der Waals surface area (Å²) >= 11 is 5.80. The van der Waals surface area contributed by atoms with Gasteiger partial charge in [-0.1, -0.05) is 17.7 Å². The summed E-state index contributed by atoms with van der Waals surface area (Å²) in [5.41, 5.74) is 5.82. The zero-order valence-corrected chi connectivity index (χ0v) is 10.1. The van der Waals surface area contributed by atoms with Gasteiger partial charge in [0.2, 0.25) is 0 Å². The molecule has 3 nitrogen and oxygen atoms in total. The third-order valence-electron chi connectivity index (χ3n) is 3.09. The number of amides is 1. The standard InChI is InChI=1S/C12H14ClFN2O/c13-11-9(4-1-5-10(11)14)12(17)16-6-2-3-8(16)7-15/h1,4-5,8H,2-3,6-7,15H2/t8-/m1/s1. The van der Waals surface area contributed by atoms with Crippen LogP contribution in [-0.2, 0) is 0 Å². The number of hydrogen-bond acceptors (Lipinski definition) is 2. The Balaban J connectivity index is 2.28. The number of hydrogen-bond donors (Lipinski definition) is 1. The van der Waals surface area contributed by atoms with Crippen LogP contribution in [0.25, 0.3) is 0 Å². The van der Waals surface area contributed by atoms with Crippen molar-refractivity contribution >= 4 is 17.5 Å². The smallest absolute Gasteiger partial charge is 0.255 e. The number of carbonyl (C=O) groups is 1. The van der Waals surface area contributed by atoms with Gasteiger partial charge in [-0.2, -0.15) is 0 Å². The van der Waals surface area contributed by atoms with Crippen LogP contribution in [0.5, 0.6) is 0 Å². The Bertz CT molecular complexity index is 439. The molecule has 0 aliphatic carbocycles. The first-order chi connectivity index (χ1) is 8.15. The number of halogens is 2. The van der Waals surface area contributed by atoms with Crippen LogP contribution < -0.4 is 5.73 Å². The van der Waals surface area contributed by atoms with E-state index in [4.69, 9.17) is 17.3 Å². The molecule has 0 saturated carbocycles. The van der Waals surface area contributed by atoms with Gasteiger partial charge >= 0.3 is 0 Å². The number of nitrogens with zero attached hydrogens (tertiary/aromatic N) is 1. The predicted molar refractivity (Wildman–Crippen MR) is 64.5 cm³/mol. The van der Waals surface area contributed by atoms with E-state index in [2.05, 4.69) is 0 Å². The molecular formula is C12H14ClFN2O. The summed E-state index contributed by atoms with van der Waals surface area (Å²) in [6.45, 7) is 1.09. The molecule has 1 aromatic carbocycles. The lowest BCUT2D eigenvalue weighted by molar-refractivity contribution is 0.0741. The minimum absolute atomic E-state index is 0.0434. The van der Waals surface area contributed by atoms with Crippen LogP contribution >= 0.6 is 11.6 Å². The van der Waals surface area contributed by atoms with Gasteiger partial charge in [0, 0.05) is 19.1 Å². The molecule has 0 unspecified atom stereocenters. The molecule has 17 heavy (non-hydrogen) atoms. The van der Waals surface area contributed by atoms with Crippen LogP contribution in [0.4, 0.5) is 4.39 Å². The van der Waals surface area contributed by atoms with Crippen molar-refractivity contribution < 1.29 is 9.18 Å². The Morgan fingerprint density at radius 2 is 2.35 bits per heavy atom. The first-order valence-electron chi connectivity index (χ1n) is 5.60. The van der Waals surface area contributed by atoms with Gasteiger partial charge < -0.3 is 10.6 Å². The fourth-order valence-corrected chi connectivity index (χ4v) is 2.38. The summed E-state index contributed by atoms with van der Waals surface area (Å²) in [5, 5.41) is -0.111. The molecule has 1 aromatic rings. The van der Waals surface area contributed by atoms with Gasteiger partial charge in [0.15, 0.2) is 0 Å². The van der Waals surface area contributed by atoms with Crippen molar-refractivity contribution in [1.29, 1.82) is 0 Å². The maximum absolute atomic E-state index is 13.3. The highest BCUT2D eigenvalue weighted by Gasteiger charge is 2.29. The average molecular weight is 257 g/mol. The molecule has 5 heteroatoms. The van der Waals surface area contributed by atoms with E-state index in [9.17, 15) is 9.18 Å². The van der Waals surface area contributed by atoms with Crippen LogP contribution in [0.2, 0.25) is 5.02 Å². The lowest BCUT2D eigenvalue weighted by Gasteiger charge is -2.23. The minimum Gasteiger partial charge on any atom is -0.334 e. The van der Waals surface area contributed by atoms with Crippen LogP contribution in [-0.4, -0.2) is 29.9 Å². The highest BCUT2D eigenvalue weighted by atomic mass is 35.5. The second kappa shape index (κ2) is 5.02. The summed E-state index contributed by atoms with van der Waals surface area (Å²) in [6, 6.07) is 4.31. The monoisotopic (exact) mass is 256 g/mol. The van der Waals surface area contributed by atoms with Crippen molar-refractivity contribution in [1.82, 2.24) is 4.90 Å². The van der Waals surface area contributed by atoms with Gasteiger partial charge in [-0.05, 0) is 25.0 Å².